The van der Waals surface area contributed by atoms with Crippen molar-refractivity contribution in [2.45, 2.75) is 25.3 Å². The third-order valence-corrected chi connectivity index (χ3v) is 2.84. The molecule has 0 unspecified atom stereocenters. The number of aromatic nitrogens is 2. The van der Waals surface area contributed by atoms with E-state index in [-0.39, 0.29) is 11.5 Å². The summed E-state index contributed by atoms with van der Waals surface area (Å²) in [6, 6.07) is 0. The van der Waals surface area contributed by atoms with Crippen molar-refractivity contribution in [2.24, 2.45) is 7.05 Å². The van der Waals surface area contributed by atoms with Gasteiger partial charge in [-0.25, -0.2) is 0 Å². The van der Waals surface area contributed by atoms with Crippen molar-refractivity contribution in [1.29, 1.82) is 0 Å². The second-order valence-corrected chi connectivity index (χ2v) is 4.09. The van der Waals surface area contributed by atoms with Crippen LogP contribution in [-0.4, -0.2) is 27.9 Å². The van der Waals surface area contributed by atoms with Gasteiger partial charge in [-0.1, -0.05) is 0 Å². The Labute approximate surface area is 93.4 Å². The van der Waals surface area contributed by atoms with Crippen LogP contribution in [0.3, 0.4) is 0 Å². The zero-order valence-corrected chi connectivity index (χ0v) is 9.26. The van der Waals surface area contributed by atoms with E-state index >= 15 is 0 Å². The molecule has 0 N–H and O–H groups in total. The molecule has 1 aliphatic rings. The fraction of sp³-hybridized carbons (Fsp3) is 0.700. The molecule has 0 bridgehead atoms. The summed E-state index contributed by atoms with van der Waals surface area (Å²) >= 11 is 0. The summed E-state index contributed by atoms with van der Waals surface area (Å²) in [5.41, 5.74) is 1.61. The summed E-state index contributed by atoms with van der Waals surface area (Å²) in [7, 11) is 1.80. The molecule has 2 rings (SSSR count). The standard InChI is InChI=1S/C10H15N3O3/c1-12-6-9(7-13(14)15)10(11-12)8-2-4-16-5-3-8/h6,8H,2-5,7H2,1H3. The Kier molecular flexibility index (Phi) is 3.19. The Balaban J connectivity index is 2.20. The highest BCUT2D eigenvalue weighted by molar-refractivity contribution is 5.20. The number of nitrogens with zero attached hydrogens (tertiary/aromatic N) is 3. The van der Waals surface area contributed by atoms with Crippen LogP contribution < -0.4 is 0 Å². The normalized spacial score (nSPS) is 17.6. The molecular formula is C10H15N3O3. The predicted octanol–water partition coefficient (Wildman–Crippen LogP) is 1.09. The second-order valence-electron chi connectivity index (χ2n) is 4.09. The van der Waals surface area contributed by atoms with Gasteiger partial charge in [0.25, 0.3) is 0 Å². The minimum atomic E-state index is -0.306. The Morgan fingerprint density at radius 1 is 1.62 bits per heavy atom. The molecule has 0 amide bonds. The first kappa shape index (κ1) is 11.1. The zero-order chi connectivity index (χ0) is 11.5. The highest BCUT2D eigenvalue weighted by Gasteiger charge is 2.23. The van der Waals surface area contributed by atoms with Gasteiger partial charge in [-0.15, -0.1) is 0 Å². The van der Waals surface area contributed by atoms with E-state index in [2.05, 4.69) is 5.10 Å². The Morgan fingerprint density at radius 3 is 2.94 bits per heavy atom. The van der Waals surface area contributed by atoms with E-state index in [0.29, 0.717) is 5.92 Å². The Bertz CT molecular complexity index is 383. The van der Waals surface area contributed by atoms with Gasteiger partial charge in [-0.05, 0) is 12.8 Å². The molecule has 1 aromatic rings. The number of rotatable bonds is 3. The quantitative estimate of drug-likeness (QED) is 0.570. The second kappa shape index (κ2) is 4.61. The van der Waals surface area contributed by atoms with Gasteiger partial charge < -0.3 is 4.74 Å². The highest BCUT2D eigenvalue weighted by atomic mass is 16.6. The molecule has 0 radical (unpaired) electrons. The van der Waals surface area contributed by atoms with E-state index in [0.717, 1.165) is 37.3 Å². The SMILES string of the molecule is Cn1cc(C[N+](=O)[O-])c(C2CCOCC2)n1. The van der Waals surface area contributed by atoms with Crippen molar-refractivity contribution in [3.63, 3.8) is 0 Å². The molecule has 1 saturated heterocycles. The first-order valence-corrected chi connectivity index (χ1v) is 5.39. The number of hydrogen-bond acceptors (Lipinski definition) is 4. The van der Waals surface area contributed by atoms with E-state index in [1.807, 2.05) is 0 Å². The number of ether oxygens (including phenoxy) is 1. The van der Waals surface area contributed by atoms with Crippen LogP contribution in [-0.2, 0) is 18.3 Å². The number of nitro groups is 1. The van der Waals surface area contributed by atoms with Crippen LogP contribution in [0.25, 0.3) is 0 Å². The number of hydrogen-bond donors (Lipinski definition) is 0. The van der Waals surface area contributed by atoms with Crippen LogP contribution in [0, 0.1) is 10.1 Å². The van der Waals surface area contributed by atoms with E-state index in [1.54, 1.807) is 17.9 Å². The molecule has 0 aromatic carbocycles. The lowest BCUT2D eigenvalue weighted by Crippen LogP contribution is -2.16. The molecule has 1 aliphatic heterocycles. The molecule has 88 valence electrons. The molecular weight excluding hydrogens is 210 g/mol. The van der Waals surface area contributed by atoms with Gasteiger partial charge in [0, 0.05) is 37.3 Å². The average Bonchev–Trinajstić information content (AvgIpc) is 2.60. The Morgan fingerprint density at radius 2 is 2.31 bits per heavy atom. The van der Waals surface area contributed by atoms with E-state index in [9.17, 15) is 10.1 Å². The first-order chi connectivity index (χ1) is 7.66. The molecule has 0 spiro atoms. The summed E-state index contributed by atoms with van der Waals surface area (Å²) in [5, 5.41) is 14.9. The van der Waals surface area contributed by atoms with E-state index in [4.69, 9.17) is 4.74 Å². The summed E-state index contributed by atoms with van der Waals surface area (Å²) < 4.78 is 6.94. The van der Waals surface area contributed by atoms with Crippen molar-refractivity contribution in [3.05, 3.63) is 27.6 Å². The van der Waals surface area contributed by atoms with Crippen molar-refractivity contribution >= 4 is 0 Å². The molecule has 0 atom stereocenters. The maximum atomic E-state index is 10.6. The summed E-state index contributed by atoms with van der Waals surface area (Å²) in [6.45, 7) is 1.30. The zero-order valence-electron chi connectivity index (χ0n) is 9.26. The molecule has 2 heterocycles. The third-order valence-electron chi connectivity index (χ3n) is 2.84. The van der Waals surface area contributed by atoms with Crippen molar-refractivity contribution in [3.8, 4) is 0 Å². The largest absolute Gasteiger partial charge is 0.381 e. The van der Waals surface area contributed by atoms with Crippen LogP contribution in [0.2, 0.25) is 0 Å². The highest BCUT2D eigenvalue weighted by Crippen LogP contribution is 2.28. The molecule has 0 aliphatic carbocycles. The summed E-state index contributed by atoms with van der Waals surface area (Å²) in [5.74, 6) is 0.310. The lowest BCUT2D eigenvalue weighted by molar-refractivity contribution is -0.497. The van der Waals surface area contributed by atoms with Gasteiger partial charge in [0.1, 0.15) is 0 Å². The van der Waals surface area contributed by atoms with Gasteiger partial charge in [-0.2, -0.15) is 5.10 Å². The third kappa shape index (κ3) is 2.38. The minimum absolute atomic E-state index is 0.138. The molecule has 6 nitrogen and oxygen atoms in total. The maximum Gasteiger partial charge on any atom is 0.232 e. The summed E-state index contributed by atoms with van der Waals surface area (Å²) in [6.07, 6.45) is 3.55. The lowest BCUT2D eigenvalue weighted by atomic mass is 9.94. The molecule has 6 heteroatoms. The summed E-state index contributed by atoms with van der Waals surface area (Å²) in [4.78, 5) is 10.3. The maximum absolute atomic E-state index is 10.6. The van der Waals surface area contributed by atoms with Crippen LogP contribution in [0.5, 0.6) is 0 Å². The van der Waals surface area contributed by atoms with Crippen LogP contribution in [0.4, 0.5) is 0 Å². The van der Waals surface area contributed by atoms with Crippen LogP contribution in [0.1, 0.15) is 30.0 Å². The Hall–Kier alpha value is -1.43. The smallest absolute Gasteiger partial charge is 0.232 e. The van der Waals surface area contributed by atoms with Gasteiger partial charge in [0.2, 0.25) is 6.54 Å². The monoisotopic (exact) mass is 225 g/mol. The van der Waals surface area contributed by atoms with Crippen LogP contribution in [0.15, 0.2) is 6.20 Å². The fourth-order valence-corrected chi connectivity index (χ4v) is 2.13. The fourth-order valence-electron chi connectivity index (χ4n) is 2.13. The van der Waals surface area contributed by atoms with Crippen LogP contribution >= 0.6 is 0 Å². The molecule has 1 aromatic heterocycles. The van der Waals surface area contributed by atoms with Crippen molar-refractivity contribution < 1.29 is 9.66 Å². The van der Waals surface area contributed by atoms with E-state index in [1.165, 1.54) is 0 Å². The molecule has 16 heavy (non-hydrogen) atoms. The molecule has 0 saturated carbocycles. The topological polar surface area (TPSA) is 70.2 Å². The van der Waals surface area contributed by atoms with Crippen molar-refractivity contribution in [2.75, 3.05) is 13.2 Å². The van der Waals surface area contributed by atoms with Gasteiger partial charge >= 0.3 is 0 Å². The lowest BCUT2D eigenvalue weighted by Gasteiger charge is -2.20. The van der Waals surface area contributed by atoms with Gasteiger partial charge in [-0.3, -0.25) is 14.8 Å². The van der Waals surface area contributed by atoms with Crippen molar-refractivity contribution in [1.82, 2.24) is 9.78 Å². The van der Waals surface area contributed by atoms with Gasteiger partial charge in [0.15, 0.2) is 0 Å². The van der Waals surface area contributed by atoms with E-state index < -0.39 is 0 Å². The first-order valence-electron chi connectivity index (χ1n) is 5.39. The number of aryl methyl sites for hydroxylation is 1. The van der Waals surface area contributed by atoms with Gasteiger partial charge in [0.05, 0.1) is 11.3 Å². The predicted molar refractivity (Wildman–Crippen MR) is 56.7 cm³/mol. The minimum Gasteiger partial charge on any atom is -0.381 e. The molecule has 1 fully saturated rings. The average molecular weight is 225 g/mol.